The second kappa shape index (κ2) is 9.08. The van der Waals surface area contributed by atoms with Crippen molar-refractivity contribution in [2.24, 2.45) is 0 Å². The normalized spacial score (nSPS) is 10.8. The molecule has 0 atom stereocenters. The second-order valence-corrected chi connectivity index (χ2v) is 7.99. The standard InChI is InChI=1S/C26H24N4O3/c1-16-7-6-8-19(13-16)28-24(32)15-30-23-10-5-4-9-22(23)29-25(26(30)33)20-14-17(2)11-12-21(20)27-18(3)31/h4-14H,15H2,1-3H3,(H,27,31)(H,28,32). The summed E-state index contributed by atoms with van der Waals surface area (Å²) in [5, 5.41) is 5.62. The van der Waals surface area contributed by atoms with Crippen molar-refractivity contribution in [3.63, 3.8) is 0 Å². The van der Waals surface area contributed by atoms with E-state index in [0.29, 0.717) is 28.0 Å². The van der Waals surface area contributed by atoms with Crippen LogP contribution in [0.4, 0.5) is 11.4 Å². The summed E-state index contributed by atoms with van der Waals surface area (Å²) in [6, 6.07) is 20.1. The van der Waals surface area contributed by atoms with Crippen molar-refractivity contribution in [3.8, 4) is 11.3 Å². The number of hydrogen-bond donors (Lipinski definition) is 2. The number of rotatable bonds is 5. The molecule has 2 N–H and O–H groups in total. The molecule has 0 fully saturated rings. The fourth-order valence-corrected chi connectivity index (χ4v) is 3.74. The Bertz CT molecular complexity index is 1440. The number of anilines is 2. The largest absolute Gasteiger partial charge is 0.326 e. The first-order chi connectivity index (χ1) is 15.8. The van der Waals surface area contributed by atoms with E-state index in [4.69, 9.17) is 0 Å². The van der Waals surface area contributed by atoms with Crippen molar-refractivity contribution in [1.29, 1.82) is 0 Å². The Morgan fingerprint density at radius 3 is 2.42 bits per heavy atom. The molecule has 4 rings (SSSR count). The van der Waals surface area contributed by atoms with Gasteiger partial charge in [0.2, 0.25) is 11.8 Å². The van der Waals surface area contributed by atoms with E-state index < -0.39 is 5.56 Å². The van der Waals surface area contributed by atoms with E-state index in [1.807, 2.05) is 44.2 Å². The topological polar surface area (TPSA) is 93.1 Å². The lowest BCUT2D eigenvalue weighted by Gasteiger charge is -2.15. The molecule has 0 aliphatic heterocycles. The van der Waals surface area contributed by atoms with Crippen LogP contribution in [0, 0.1) is 13.8 Å². The minimum Gasteiger partial charge on any atom is -0.326 e. The van der Waals surface area contributed by atoms with Crippen LogP contribution in [-0.2, 0) is 16.1 Å². The number of hydrogen-bond acceptors (Lipinski definition) is 4. The summed E-state index contributed by atoms with van der Waals surface area (Å²) < 4.78 is 1.42. The molecular formula is C26H24N4O3. The SMILES string of the molecule is CC(=O)Nc1ccc(C)cc1-c1nc2ccccc2n(CC(=O)Nc2cccc(C)c2)c1=O. The molecule has 0 unspecified atom stereocenters. The third-order valence-corrected chi connectivity index (χ3v) is 5.20. The van der Waals surface area contributed by atoms with E-state index >= 15 is 0 Å². The smallest absolute Gasteiger partial charge is 0.278 e. The lowest BCUT2D eigenvalue weighted by atomic mass is 10.1. The van der Waals surface area contributed by atoms with Crippen LogP contribution in [0.2, 0.25) is 0 Å². The van der Waals surface area contributed by atoms with Crippen molar-refractivity contribution in [2.45, 2.75) is 27.3 Å². The number of fused-ring (bicyclic) bond motifs is 1. The van der Waals surface area contributed by atoms with Crippen LogP contribution in [0.5, 0.6) is 0 Å². The molecule has 166 valence electrons. The molecule has 0 spiro atoms. The van der Waals surface area contributed by atoms with Crippen LogP contribution in [0.25, 0.3) is 22.3 Å². The molecule has 0 radical (unpaired) electrons. The van der Waals surface area contributed by atoms with E-state index in [2.05, 4.69) is 15.6 Å². The van der Waals surface area contributed by atoms with Crippen LogP contribution in [0.3, 0.4) is 0 Å². The molecule has 3 aromatic carbocycles. The molecule has 33 heavy (non-hydrogen) atoms. The van der Waals surface area contributed by atoms with Gasteiger partial charge in [0, 0.05) is 18.2 Å². The summed E-state index contributed by atoms with van der Waals surface area (Å²) in [5.74, 6) is -0.574. The minimum atomic E-state index is -0.412. The van der Waals surface area contributed by atoms with Crippen molar-refractivity contribution < 1.29 is 9.59 Å². The Balaban J connectivity index is 1.82. The molecule has 0 aliphatic rings. The lowest BCUT2D eigenvalue weighted by Crippen LogP contribution is -2.30. The monoisotopic (exact) mass is 440 g/mol. The third-order valence-electron chi connectivity index (χ3n) is 5.20. The van der Waals surface area contributed by atoms with Gasteiger partial charge in [-0.25, -0.2) is 4.98 Å². The highest BCUT2D eigenvalue weighted by molar-refractivity contribution is 5.95. The van der Waals surface area contributed by atoms with Gasteiger partial charge in [-0.2, -0.15) is 0 Å². The summed E-state index contributed by atoms with van der Waals surface area (Å²) in [7, 11) is 0. The van der Waals surface area contributed by atoms with Crippen molar-refractivity contribution in [2.75, 3.05) is 10.6 Å². The average Bonchev–Trinajstić information content (AvgIpc) is 2.76. The van der Waals surface area contributed by atoms with E-state index in [1.54, 1.807) is 36.4 Å². The zero-order valence-electron chi connectivity index (χ0n) is 18.7. The van der Waals surface area contributed by atoms with Crippen LogP contribution in [0.15, 0.2) is 71.5 Å². The van der Waals surface area contributed by atoms with Gasteiger partial charge >= 0.3 is 0 Å². The third kappa shape index (κ3) is 4.82. The number of carbonyl (C=O) groups excluding carboxylic acids is 2. The summed E-state index contributed by atoms with van der Waals surface area (Å²) >= 11 is 0. The highest BCUT2D eigenvalue weighted by Gasteiger charge is 2.18. The van der Waals surface area contributed by atoms with Gasteiger partial charge in [0.15, 0.2) is 0 Å². The maximum absolute atomic E-state index is 13.6. The van der Waals surface area contributed by atoms with Crippen LogP contribution in [0.1, 0.15) is 18.1 Å². The first kappa shape index (κ1) is 22.0. The molecule has 0 saturated heterocycles. The molecule has 1 aromatic heterocycles. The molecule has 0 bridgehead atoms. The second-order valence-electron chi connectivity index (χ2n) is 7.99. The van der Waals surface area contributed by atoms with Crippen molar-refractivity contribution in [3.05, 3.63) is 88.2 Å². The number of nitrogens with zero attached hydrogens (tertiary/aromatic N) is 2. The first-order valence-corrected chi connectivity index (χ1v) is 10.6. The summed E-state index contributed by atoms with van der Waals surface area (Å²) in [6.07, 6.45) is 0. The average molecular weight is 441 g/mol. The molecule has 7 heteroatoms. The lowest BCUT2D eigenvalue weighted by molar-refractivity contribution is -0.117. The molecule has 1 heterocycles. The van der Waals surface area contributed by atoms with Crippen LogP contribution < -0.4 is 16.2 Å². The highest BCUT2D eigenvalue weighted by Crippen LogP contribution is 2.27. The predicted molar refractivity (Wildman–Crippen MR) is 130 cm³/mol. The van der Waals surface area contributed by atoms with Gasteiger partial charge in [-0.3, -0.25) is 19.0 Å². The number of benzene rings is 3. The fraction of sp³-hybridized carbons (Fsp3) is 0.154. The van der Waals surface area contributed by atoms with E-state index in [1.165, 1.54) is 11.5 Å². The highest BCUT2D eigenvalue weighted by atomic mass is 16.2. The summed E-state index contributed by atoms with van der Waals surface area (Å²) in [6.45, 7) is 5.07. The Morgan fingerprint density at radius 2 is 1.67 bits per heavy atom. The van der Waals surface area contributed by atoms with Crippen LogP contribution in [-0.4, -0.2) is 21.4 Å². The van der Waals surface area contributed by atoms with Gasteiger partial charge in [0.1, 0.15) is 12.2 Å². The predicted octanol–water partition coefficient (Wildman–Crippen LogP) is 4.28. The van der Waals surface area contributed by atoms with Crippen molar-refractivity contribution >= 4 is 34.2 Å². The Kier molecular flexibility index (Phi) is 6.04. The van der Waals surface area contributed by atoms with Crippen LogP contribution >= 0.6 is 0 Å². The van der Waals surface area contributed by atoms with E-state index in [9.17, 15) is 14.4 Å². The Hall–Kier alpha value is -4.26. The van der Waals surface area contributed by atoms with E-state index in [0.717, 1.165) is 11.1 Å². The molecule has 7 nitrogen and oxygen atoms in total. The Labute approximate surface area is 191 Å². The maximum atomic E-state index is 13.6. The van der Waals surface area contributed by atoms with Gasteiger partial charge in [-0.05, 0) is 55.8 Å². The number of aromatic nitrogens is 2. The number of amides is 2. The molecule has 0 aliphatic carbocycles. The van der Waals surface area contributed by atoms with Gasteiger partial charge in [-0.15, -0.1) is 0 Å². The Morgan fingerprint density at radius 1 is 0.909 bits per heavy atom. The molecule has 2 amide bonds. The molecule has 0 saturated carbocycles. The zero-order valence-corrected chi connectivity index (χ0v) is 18.7. The first-order valence-electron chi connectivity index (χ1n) is 10.6. The minimum absolute atomic E-state index is 0.171. The number of para-hydroxylation sites is 2. The molecule has 4 aromatic rings. The van der Waals surface area contributed by atoms with Gasteiger partial charge in [-0.1, -0.05) is 35.9 Å². The van der Waals surface area contributed by atoms with Gasteiger partial charge in [0.05, 0.1) is 16.7 Å². The number of carbonyl (C=O) groups is 2. The van der Waals surface area contributed by atoms with Crippen molar-refractivity contribution in [1.82, 2.24) is 9.55 Å². The molecular weight excluding hydrogens is 416 g/mol. The zero-order chi connectivity index (χ0) is 23.5. The maximum Gasteiger partial charge on any atom is 0.278 e. The number of nitrogens with one attached hydrogen (secondary N) is 2. The van der Waals surface area contributed by atoms with Gasteiger partial charge < -0.3 is 10.6 Å². The van der Waals surface area contributed by atoms with Gasteiger partial charge in [0.25, 0.3) is 5.56 Å². The fourth-order valence-electron chi connectivity index (χ4n) is 3.74. The summed E-state index contributed by atoms with van der Waals surface area (Å²) in [4.78, 5) is 42.8. The quantitative estimate of drug-likeness (QED) is 0.485. The summed E-state index contributed by atoms with van der Waals surface area (Å²) in [5.41, 5.74) is 4.49. The van der Waals surface area contributed by atoms with E-state index in [-0.39, 0.29) is 24.1 Å². The number of aryl methyl sites for hydroxylation is 2.